The highest BCUT2D eigenvalue weighted by molar-refractivity contribution is 5.76. The molecule has 1 aromatic heterocycles. The lowest BCUT2D eigenvalue weighted by atomic mass is 10.1. The van der Waals surface area contributed by atoms with E-state index in [1.165, 1.54) is 5.56 Å². The van der Waals surface area contributed by atoms with Gasteiger partial charge in [0.25, 0.3) is 0 Å². The van der Waals surface area contributed by atoms with Crippen LogP contribution in [-0.4, -0.2) is 34.4 Å². The summed E-state index contributed by atoms with van der Waals surface area (Å²) in [4.78, 5) is 18.5. The van der Waals surface area contributed by atoms with Crippen LogP contribution in [0.1, 0.15) is 38.4 Å². The lowest BCUT2D eigenvalue weighted by Gasteiger charge is -2.29. The fourth-order valence-electron chi connectivity index (χ4n) is 2.28. The Labute approximate surface area is 115 Å². The highest BCUT2D eigenvalue weighted by Crippen LogP contribution is 2.16. The van der Waals surface area contributed by atoms with Gasteiger partial charge in [0.2, 0.25) is 5.91 Å². The monoisotopic (exact) mass is 261 g/mol. The minimum Gasteiger partial charge on any atom is -0.338 e. The van der Waals surface area contributed by atoms with E-state index in [0.717, 1.165) is 25.2 Å². The van der Waals surface area contributed by atoms with Crippen molar-refractivity contribution >= 4 is 5.91 Å². The fraction of sp³-hybridized carbons (Fsp3) is 0.600. The van der Waals surface area contributed by atoms with Gasteiger partial charge in [0.05, 0.1) is 0 Å². The predicted octanol–water partition coefficient (Wildman–Crippen LogP) is 1.74. The van der Waals surface area contributed by atoms with Crippen LogP contribution in [0.15, 0.2) is 18.3 Å². The molecule has 0 aliphatic carbocycles. The van der Waals surface area contributed by atoms with Crippen LogP contribution >= 0.6 is 0 Å². The second-order valence-corrected chi connectivity index (χ2v) is 6.10. The molecule has 0 fully saturated rings. The van der Waals surface area contributed by atoms with Crippen LogP contribution in [0.4, 0.5) is 0 Å². The predicted molar refractivity (Wildman–Crippen MR) is 75.7 cm³/mol. The normalized spacial score (nSPS) is 15.2. The summed E-state index contributed by atoms with van der Waals surface area (Å²) < 4.78 is 0. The zero-order valence-electron chi connectivity index (χ0n) is 12.1. The van der Waals surface area contributed by atoms with E-state index in [1.54, 1.807) is 0 Å². The van der Waals surface area contributed by atoms with E-state index in [9.17, 15) is 4.79 Å². The van der Waals surface area contributed by atoms with Crippen LogP contribution in [0, 0.1) is 0 Å². The SMILES string of the molecule is CC(C)(C)NCCC(=O)N1CCc2ncccc2C1. The van der Waals surface area contributed by atoms with E-state index in [-0.39, 0.29) is 11.4 Å². The van der Waals surface area contributed by atoms with Crippen molar-refractivity contribution in [2.24, 2.45) is 0 Å². The third kappa shape index (κ3) is 4.03. The summed E-state index contributed by atoms with van der Waals surface area (Å²) in [7, 11) is 0. The number of hydrogen-bond donors (Lipinski definition) is 1. The first-order valence-corrected chi connectivity index (χ1v) is 6.91. The number of nitrogens with one attached hydrogen (secondary N) is 1. The van der Waals surface area contributed by atoms with E-state index in [1.807, 2.05) is 17.2 Å². The van der Waals surface area contributed by atoms with Crippen LogP contribution in [0.5, 0.6) is 0 Å². The van der Waals surface area contributed by atoms with Crippen LogP contribution in [-0.2, 0) is 17.8 Å². The molecular weight excluding hydrogens is 238 g/mol. The van der Waals surface area contributed by atoms with Gasteiger partial charge in [0.1, 0.15) is 0 Å². The largest absolute Gasteiger partial charge is 0.338 e. The van der Waals surface area contributed by atoms with Crippen LogP contribution < -0.4 is 5.32 Å². The number of nitrogens with zero attached hydrogens (tertiary/aromatic N) is 2. The first-order valence-electron chi connectivity index (χ1n) is 6.91. The number of hydrogen-bond acceptors (Lipinski definition) is 3. The topological polar surface area (TPSA) is 45.2 Å². The zero-order valence-corrected chi connectivity index (χ0v) is 12.1. The van der Waals surface area contributed by atoms with Gasteiger partial charge in [0.15, 0.2) is 0 Å². The number of aromatic nitrogens is 1. The number of fused-ring (bicyclic) bond motifs is 1. The number of rotatable bonds is 3. The van der Waals surface area contributed by atoms with Gasteiger partial charge in [0, 0.05) is 49.9 Å². The number of carbonyl (C=O) groups excluding carboxylic acids is 1. The van der Waals surface area contributed by atoms with Gasteiger partial charge in [-0.1, -0.05) is 6.07 Å². The maximum Gasteiger partial charge on any atom is 0.224 e. The van der Waals surface area contributed by atoms with Gasteiger partial charge in [-0.2, -0.15) is 0 Å². The molecule has 0 saturated heterocycles. The van der Waals surface area contributed by atoms with Gasteiger partial charge >= 0.3 is 0 Å². The first-order chi connectivity index (χ1) is 8.96. The second-order valence-electron chi connectivity index (χ2n) is 6.10. The van der Waals surface area contributed by atoms with Gasteiger partial charge < -0.3 is 10.2 Å². The summed E-state index contributed by atoms with van der Waals surface area (Å²) in [5.41, 5.74) is 2.39. The molecular formula is C15H23N3O. The molecule has 1 N–H and O–H groups in total. The Hall–Kier alpha value is -1.42. The minimum atomic E-state index is 0.0682. The summed E-state index contributed by atoms with van der Waals surface area (Å²) in [6.07, 6.45) is 3.26. The zero-order chi connectivity index (χ0) is 13.9. The Morgan fingerprint density at radius 3 is 3.00 bits per heavy atom. The maximum absolute atomic E-state index is 12.2. The molecule has 2 heterocycles. The quantitative estimate of drug-likeness (QED) is 0.901. The molecule has 0 atom stereocenters. The average molecular weight is 261 g/mol. The molecule has 4 heteroatoms. The molecule has 0 spiro atoms. The van der Waals surface area contributed by atoms with E-state index < -0.39 is 0 Å². The van der Waals surface area contributed by atoms with E-state index in [0.29, 0.717) is 13.0 Å². The molecule has 0 bridgehead atoms. The van der Waals surface area contributed by atoms with E-state index in [2.05, 4.69) is 37.1 Å². The Balaban J connectivity index is 1.85. The molecule has 1 aliphatic heterocycles. The lowest BCUT2D eigenvalue weighted by Crippen LogP contribution is -2.41. The molecule has 4 nitrogen and oxygen atoms in total. The van der Waals surface area contributed by atoms with Crippen molar-refractivity contribution in [3.8, 4) is 0 Å². The summed E-state index contributed by atoms with van der Waals surface area (Å²) in [5, 5.41) is 3.35. The standard InChI is InChI=1S/C15H23N3O/c1-15(2,3)17-9-6-14(19)18-10-7-13-12(11-18)5-4-8-16-13/h4-5,8,17H,6-7,9-11H2,1-3H3. The molecule has 0 radical (unpaired) electrons. The highest BCUT2D eigenvalue weighted by atomic mass is 16.2. The maximum atomic E-state index is 12.2. The van der Waals surface area contributed by atoms with Crippen molar-refractivity contribution in [1.29, 1.82) is 0 Å². The molecule has 19 heavy (non-hydrogen) atoms. The molecule has 104 valence electrons. The van der Waals surface area contributed by atoms with Crippen molar-refractivity contribution in [1.82, 2.24) is 15.2 Å². The van der Waals surface area contributed by atoms with E-state index >= 15 is 0 Å². The summed E-state index contributed by atoms with van der Waals surface area (Å²) in [6, 6.07) is 4.00. The van der Waals surface area contributed by atoms with Crippen LogP contribution in [0.25, 0.3) is 0 Å². The van der Waals surface area contributed by atoms with Crippen molar-refractivity contribution in [2.45, 2.75) is 45.7 Å². The van der Waals surface area contributed by atoms with Crippen LogP contribution in [0.2, 0.25) is 0 Å². The van der Waals surface area contributed by atoms with Gasteiger partial charge in [-0.05, 0) is 32.4 Å². The van der Waals surface area contributed by atoms with E-state index in [4.69, 9.17) is 0 Å². The second kappa shape index (κ2) is 5.70. The number of amides is 1. The van der Waals surface area contributed by atoms with Crippen LogP contribution in [0.3, 0.4) is 0 Å². The summed E-state index contributed by atoms with van der Waals surface area (Å²) >= 11 is 0. The van der Waals surface area contributed by atoms with Crippen molar-refractivity contribution in [3.05, 3.63) is 29.6 Å². The van der Waals surface area contributed by atoms with Gasteiger partial charge in [-0.25, -0.2) is 0 Å². The number of pyridine rings is 1. The summed E-state index contributed by atoms with van der Waals surface area (Å²) in [6.45, 7) is 8.56. The Bertz CT molecular complexity index is 451. The fourth-order valence-corrected chi connectivity index (χ4v) is 2.28. The third-order valence-electron chi connectivity index (χ3n) is 3.31. The minimum absolute atomic E-state index is 0.0682. The molecule has 0 aromatic carbocycles. The Kier molecular flexibility index (Phi) is 4.20. The van der Waals surface area contributed by atoms with Crippen molar-refractivity contribution in [2.75, 3.05) is 13.1 Å². The molecule has 1 aromatic rings. The molecule has 2 rings (SSSR count). The smallest absolute Gasteiger partial charge is 0.224 e. The Morgan fingerprint density at radius 1 is 1.47 bits per heavy atom. The lowest BCUT2D eigenvalue weighted by molar-refractivity contribution is -0.132. The third-order valence-corrected chi connectivity index (χ3v) is 3.31. The summed E-state index contributed by atoms with van der Waals surface area (Å²) in [5.74, 6) is 0.228. The van der Waals surface area contributed by atoms with Gasteiger partial charge in [-0.3, -0.25) is 9.78 Å². The molecule has 1 aliphatic rings. The molecule has 0 unspecified atom stereocenters. The van der Waals surface area contributed by atoms with Gasteiger partial charge in [-0.15, -0.1) is 0 Å². The first kappa shape index (κ1) is 14.0. The van der Waals surface area contributed by atoms with Crippen molar-refractivity contribution < 1.29 is 4.79 Å². The van der Waals surface area contributed by atoms with Crippen molar-refractivity contribution in [3.63, 3.8) is 0 Å². The molecule has 0 saturated carbocycles. The Morgan fingerprint density at radius 2 is 2.26 bits per heavy atom. The molecule has 1 amide bonds. The highest BCUT2D eigenvalue weighted by Gasteiger charge is 2.21. The number of carbonyl (C=O) groups is 1. The average Bonchev–Trinajstić information content (AvgIpc) is 2.36.